The molecule has 0 spiro atoms. The molecule has 2 aliphatic rings. The zero-order valence-electron chi connectivity index (χ0n) is 17.9. The van der Waals surface area contributed by atoms with E-state index in [-0.39, 0.29) is 24.5 Å². The van der Waals surface area contributed by atoms with Crippen molar-refractivity contribution in [2.75, 3.05) is 13.1 Å². The molecule has 0 bridgehead atoms. The van der Waals surface area contributed by atoms with Gasteiger partial charge < -0.3 is 10.6 Å². The second-order valence-electron chi connectivity index (χ2n) is 8.09. The molecule has 1 unspecified atom stereocenters. The Morgan fingerprint density at radius 1 is 1.40 bits per heavy atom. The van der Waals surface area contributed by atoms with E-state index < -0.39 is 23.9 Å². The molecule has 1 aromatic carbocycles. The number of benzene rings is 1. The Labute approximate surface area is 206 Å². The minimum Gasteiger partial charge on any atom is -0.330 e. The van der Waals surface area contributed by atoms with Gasteiger partial charge in [-0.05, 0) is 23.2 Å². The van der Waals surface area contributed by atoms with Gasteiger partial charge in [0.15, 0.2) is 10.8 Å². The second kappa shape index (κ2) is 9.00. The Bertz CT molecular complexity index is 1380. The van der Waals surface area contributed by atoms with Gasteiger partial charge in [0.1, 0.15) is 11.9 Å². The van der Waals surface area contributed by atoms with Gasteiger partial charge >= 0.3 is 6.55 Å². The van der Waals surface area contributed by atoms with Crippen LogP contribution in [0.1, 0.15) is 35.1 Å². The minimum absolute atomic E-state index is 0.0494. The second-order valence-corrected chi connectivity index (χ2v) is 9.39. The quantitative estimate of drug-likeness (QED) is 0.275. The van der Waals surface area contributed by atoms with E-state index in [1.54, 1.807) is 11.6 Å². The molecule has 0 aliphatic carbocycles. The molecule has 1 fully saturated rings. The van der Waals surface area contributed by atoms with Gasteiger partial charge in [0.05, 0.1) is 11.7 Å². The van der Waals surface area contributed by atoms with E-state index in [1.165, 1.54) is 41.9 Å². The summed E-state index contributed by atoms with van der Waals surface area (Å²) < 4.78 is 41.2. The molecule has 9 nitrogen and oxygen atoms in total. The topological polar surface area (TPSA) is 121 Å². The summed E-state index contributed by atoms with van der Waals surface area (Å²) in [5.74, 6) is -0.0275. The van der Waals surface area contributed by atoms with Crippen LogP contribution in [0.4, 0.5) is 13.2 Å². The normalized spacial score (nSPS) is 21.8. The number of rotatable bonds is 6. The first-order valence-corrected chi connectivity index (χ1v) is 11.6. The van der Waals surface area contributed by atoms with Crippen LogP contribution in [0, 0.1) is 5.82 Å². The molecule has 35 heavy (non-hydrogen) atoms. The molecule has 2 aromatic heterocycles. The van der Waals surface area contributed by atoms with Gasteiger partial charge in [-0.3, -0.25) is 4.99 Å². The molecule has 0 saturated carbocycles. The van der Waals surface area contributed by atoms with Crippen molar-refractivity contribution >= 4 is 34.3 Å². The molecule has 14 heteroatoms. The fourth-order valence-electron chi connectivity index (χ4n) is 4.41. The number of aromatic nitrogens is 3. The van der Waals surface area contributed by atoms with Gasteiger partial charge in [-0.25, -0.2) is 14.1 Å². The number of fused-ring (bicyclic) bond motifs is 1. The van der Waals surface area contributed by atoms with E-state index in [2.05, 4.69) is 20.1 Å². The number of alkyl halides is 2. The van der Waals surface area contributed by atoms with Crippen molar-refractivity contribution in [1.82, 2.24) is 19.7 Å². The average molecular weight is 520 g/mol. The summed E-state index contributed by atoms with van der Waals surface area (Å²) in [6.07, 6.45) is 4.39. The predicted molar refractivity (Wildman–Crippen MR) is 125 cm³/mol. The molecule has 2 aliphatic heterocycles. The first-order valence-electron chi connectivity index (χ1n) is 10.4. The van der Waals surface area contributed by atoms with E-state index in [1.807, 2.05) is 4.90 Å². The number of amidine groups is 1. The predicted octanol–water partition coefficient (Wildman–Crippen LogP) is 5.15. The Morgan fingerprint density at radius 3 is 2.86 bits per heavy atom. The maximum absolute atomic E-state index is 13.9. The number of halogens is 4. The third-order valence-electron chi connectivity index (χ3n) is 6.00. The van der Waals surface area contributed by atoms with Crippen LogP contribution in [0.5, 0.6) is 0 Å². The Kier molecular flexibility index (Phi) is 6.01. The standard InChI is InChI=1S/C21H17ClF3N9S/c22-14-5-12(23)1-2-13(14)17-16(11-7-29-34(8-11)20(24)25)15-6-21(9-26,31-32-27)10-33(15)18(30-17)19-28-3-4-35-19/h1-5,7-8,17,20H,6,9-10,26H2/t17-,21?/m0/s1. The van der Waals surface area contributed by atoms with Crippen molar-refractivity contribution in [3.8, 4) is 0 Å². The largest absolute Gasteiger partial charge is 0.333 e. The number of thiazole rings is 1. The van der Waals surface area contributed by atoms with Crippen LogP contribution in [0.15, 0.2) is 58.0 Å². The lowest BCUT2D eigenvalue weighted by molar-refractivity contribution is 0.0566. The van der Waals surface area contributed by atoms with Crippen molar-refractivity contribution in [3.63, 3.8) is 0 Å². The average Bonchev–Trinajstić information content (AvgIpc) is 3.58. The number of hydrogen-bond donors (Lipinski definition) is 1. The molecular weight excluding hydrogens is 503 g/mol. The van der Waals surface area contributed by atoms with Gasteiger partial charge in [-0.15, -0.1) is 11.3 Å². The van der Waals surface area contributed by atoms with E-state index in [9.17, 15) is 18.7 Å². The Hall–Kier alpha value is -3.38. The van der Waals surface area contributed by atoms with Crippen LogP contribution in [-0.4, -0.2) is 44.1 Å². The van der Waals surface area contributed by atoms with Crippen LogP contribution in [0.25, 0.3) is 16.0 Å². The van der Waals surface area contributed by atoms with Crippen LogP contribution in [0.2, 0.25) is 5.02 Å². The third-order valence-corrected chi connectivity index (χ3v) is 7.09. The summed E-state index contributed by atoms with van der Waals surface area (Å²) >= 11 is 7.79. The molecule has 180 valence electrons. The molecule has 0 amide bonds. The summed E-state index contributed by atoms with van der Waals surface area (Å²) in [6.45, 7) is -2.57. The first-order chi connectivity index (χ1) is 16.9. The van der Waals surface area contributed by atoms with E-state index >= 15 is 0 Å². The summed E-state index contributed by atoms with van der Waals surface area (Å²) in [5, 5.41) is 10.3. The van der Waals surface area contributed by atoms with Crippen molar-refractivity contribution in [1.29, 1.82) is 0 Å². The van der Waals surface area contributed by atoms with Crippen molar-refractivity contribution < 1.29 is 13.2 Å². The molecular formula is C21H17ClF3N9S. The van der Waals surface area contributed by atoms with Crippen LogP contribution >= 0.6 is 22.9 Å². The zero-order chi connectivity index (χ0) is 24.7. The highest BCUT2D eigenvalue weighted by molar-refractivity contribution is 7.11. The van der Waals surface area contributed by atoms with Crippen LogP contribution < -0.4 is 5.73 Å². The Balaban J connectivity index is 1.78. The van der Waals surface area contributed by atoms with Gasteiger partial charge in [-0.2, -0.15) is 13.9 Å². The SMILES string of the molecule is [N-]=[N+]=NC1(CN)CC2=C(c3cnn(C(F)F)c3)[C@H](c3ccc(F)cc3Cl)N=C(c3nccs3)N2C1. The van der Waals surface area contributed by atoms with Crippen molar-refractivity contribution in [3.05, 3.63) is 85.3 Å². The van der Waals surface area contributed by atoms with Gasteiger partial charge in [-0.1, -0.05) is 22.8 Å². The highest BCUT2D eigenvalue weighted by Gasteiger charge is 2.47. The summed E-state index contributed by atoms with van der Waals surface area (Å²) in [7, 11) is 0. The lowest BCUT2D eigenvalue weighted by Crippen LogP contribution is -2.41. The zero-order valence-corrected chi connectivity index (χ0v) is 19.5. The summed E-state index contributed by atoms with van der Waals surface area (Å²) in [5.41, 5.74) is 16.3. The Morgan fingerprint density at radius 2 is 2.23 bits per heavy atom. The smallest absolute Gasteiger partial charge is 0.330 e. The lowest BCUT2D eigenvalue weighted by Gasteiger charge is -2.32. The molecule has 4 heterocycles. The number of azide groups is 1. The summed E-state index contributed by atoms with van der Waals surface area (Å²) in [6, 6.07) is 3.15. The van der Waals surface area contributed by atoms with Crippen LogP contribution in [-0.2, 0) is 0 Å². The highest BCUT2D eigenvalue weighted by Crippen LogP contribution is 2.49. The van der Waals surface area contributed by atoms with Crippen molar-refractivity contribution in [2.24, 2.45) is 15.8 Å². The van der Waals surface area contributed by atoms with E-state index in [0.29, 0.717) is 37.9 Å². The fourth-order valence-corrected chi connectivity index (χ4v) is 5.32. The molecule has 1 saturated heterocycles. The summed E-state index contributed by atoms with van der Waals surface area (Å²) in [4.78, 5) is 14.2. The minimum atomic E-state index is -2.84. The fraction of sp³-hybridized carbons (Fsp3) is 0.286. The number of nitrogens with two attached hydrogens (primary N) is 1. The molecule has 0 radical (unpaired) electrons. The number of hydrogen-bond acceptors (Lipinski definition) is 7. The first kappa shape index (κ1) is 23.4. The lowest BCUT2D eigenvalue weighted by atomic mass is 9.89. The van der Waals surface area contributed by atoms with E-state index in [0.717, 1.165) is 0 Å². The maximum Gasteiger partial charge on any atom is 0.333 e. The number of aliphatic imine (C=N–C) groups is 1. The highest BCUT2D eigenvalue weighted by atomic mass is 35.5. The van der Waals surface area contributed by atoms with Gasteiger partial charge in [0.2, 0.25) is 0 Å². The van der Waals surface area contributed by atoms with E-state index in [4.69, 9.17) is 22.3 Å². The molecule has 5 rings (SSSR count). The van der Waals surface area contributed by atoms with Gasteiger partial charge in [0, 0.05) is 64.1 Å². The number of nitrogens with zero attached hydrogens (tertiary/aromatic N) is 8. The maximum atomic E-state index is 13.9. The molecule has 2 N–H and O–H groups in total. The molecule has 2 atom stereocenters. The third kappa shape index (κ3) is 4.06. The van der Waals surface area contributed by atoms with Crippen LogP contribution in [0.3, 0.4) is 0 Å². The monoisotopic (exact) mass is 519 g/mol. The van der Waals surface area contributed by atoms with Gasteiger partial charge in [0.25, 0.3) is 0 Å². The molecule has 3 aromatic rings. The van der Waals surface area contributed by atoms with Crippen molar-refractivity contribution in [2.45, 2.75) is 24.6 Å².